The van der Waals surface area contributed by atoms with E-state index in [2.05, 4.69) is 9.36 Å². The predicted octanol–water partition coefficient (Wildman–Crippen LogP) is 2.12. The van der Waals surface area contributed by atoms with Crippen LogP contribution in [0.15, 0.2) is 5.16 Å². The second kappa shape index (κ2) is 8.28. The first-order valence-electron chi connectivity index (χ1n) is 5.57. The van der Waals surface area contributed by atoms with E-state index in [1.165, 1.54) is 4.90 Å². The van der Waals surface area contributed by atoms with Crippen molar-refractivity contribution in [2.75, 3.05) is 33.9 Å². The van der Waals surface area contributed by atoms with Gasteiger partial charge in [0.05, 0.1) is 6.61 Å². The summed E-state index contributed by atoms with van der Waals surface area (Å²) < 4.78 is 14.6. The molecule has 0 saturated carbocycles. The Labute approximate surface area is 115 Å². The molecular weight excluding hydrogens is 274 g/mol. The average molecular weight is 291 g/mol. The largest absolute Gasteiger partial charge is 0.469 e. The summed E-state index contributed by atoms with van der Waals surface area (Å²) in [5.41, 5.74) is 0. The molecule has 0 N–H and O–H groups in total. The standard InChI is InChI=1S/C10H17N3O3S2/c1-4-15-6-5-7-16-9-11-8(12-18-9)17-10(14)13(2)3/h4-7H2,1-3H3. The van der Waals surface area contributed by atoms with Crippen molar-refractivity contribution in [2.45, 2.75) is 18.5 Å². The Morgan fingerprint density at radius 2 is 2.22 bits per heavy atom. The molecule has 18 heavy (non-hydrogen) atoms. The van der Waals surface area contributed by atoms with Crippen LogP contribution in [0.2, 0.25) is 0 Å². The van der Waals surface area contributed by atoms with Crippen molar-refractivity contribution in [1.29, 1.82) is 0 Å². The summed E-state index contributed by atoms with van der Waals surface area (Å²) in [6.45, 7) is 3.89. The van der Waals surface area contributed by atoms with Crippen LogP contribution >= 0.6 is 23.3 Å². The summed E-state index contributed by atoms with van der Waals surface area (Å²) in [6, 6.07) is 0. The van der Waals surface area contributed by atoms with Crippen LogP contribution in [0.4, 0.5) is 4.79 Å². The summed E-state index contributed by atoms with van der Waals surface area (Å²) in [4.78, 5) is 17.0. The maximum Gasteiger partial charge on any atom is 0.293 e. The van der Waals surface area contributed by atoms with Crippen molar-refractivity contribution < 1.29 is 14.3 Å². The van der Waals surface area contributed by atoms with Crippen LogP contribution in [-0.2, 0) is 4.74 Å². The van der Waals surface area contributed by atoms with Gasteiger partial charge in [-0.2, -0.15) is 9.36 Å². The minimum atomic E-state index is -0.101. The molecule has 6 nitrogen and oxygen atoms in total. The number of aromatic nitrogens is 2. The third-order valence-electron chi connectivity index (χ3n) is 1.80. The minimum Gasteiger partial charge on any atom is -0.469 e. The lowest BCUT2D eigenvalue weighted by Crippen LogP contribution is -2.16. The highest BCUT2D eigenvalue weighted by molar-refractivity contribution is 8.13. The van der Waals surface area contributed by atoms with Crippen LogP contribution in [0, 0.1) is 0 Å². The maximum atomic E-state index is 11.4. The third kappa shape index (κ3) is 5.65. The van der Waals surface area contributed by atoms with Crippen molar-refractivity contribution in [3.8, 4) is 5.19 Å². The van der Waals surface area contributed by atoms with Crippen molar-refractivity contribution in [2.24, 2.45) is 0 Å². The fourth-order valence-electron chi connectivity index (χ4n) is 0.931. The van der Waals surface area contributed by atoms with Gasteiger partial charge in [0.1, 0.15) is 0 Å². The molecule has 0 aliphatic rings. The first kappa shape index (κ1) is 15.2. The zero-order chi connectivity index (χ0) is 13.4. The van der Waals surface area contributed by atoms with Gasteiger partial charge in [0.25, 0.3) is 10.4 Å². The van der Waals surface area contributed by atoms with Crippen molar-refractivity contribution in [3.05, 3.63) is 0 Å². The van der Waals surface area contributed by atoms with Gasteiger partial charge in [0.15, 0.2) is 0 Å². The Morgan fingerprint density at radius 1 is 1.44 bits per heavy atom. The quantitative estimate of drug-likeness (QED) is 0.566. The Kier molecular flexibility index (Phi) is 6.99. The van der Waals surface area contributed by atoms with E-state index in [0.717, 1.165) is 29.7 Å². The molecule has 0 bridgehead atoms. The number of nitrogens with zero attached hydrogens (tertiary/aromatic N) is 3. The Balaban J connectivity index is 2.28. The van der Waals surface area contributed by atoms with E-state index in [0.29, 0.717) is 30.2 Å². The molecule has 0 radical (unpaired) electrons. The second-order valence-electron chi connectivity index (χ2n) is 3.50. The van der Waals surface area contributed by atoms with Crippen molar-refractivity contribution in [1.82, 2.24) is 14.3 Å². The van der Waals surface area contributed by atoms with Crippen LogP contribution in [0.25, 0.3) is 0 Å². The topological polar surface area (TPSA) is 64.6 Å². The summed E-state index contributed by atoms with van der Waals surface area (Å²) in [5.74, 6) is 0. The summed E-state index contributed by atoms with van der Waals surface area (Å²) in [5, 5.41) is 0.815. The molecule has 0 aliphatic heterocycles. The molecule has 1 rings (SSSR count). The number of thioether (sulfide) groups is 1. The van der Waals surface area contributed by atoms with E-state index in [-0.39, 0.29) is 5.24 Å². The highest BCUT2D eigenvalue weighted by Gasteiger charge is 2.12. The molecule has 0 unspecified atom stereocenters. The Morgan fingerprint density at radius 3 is 2.89 bits per heavy atom. The zero-order valence-corrected chi connectivity index (χ0v) is 12.3. The van der Waals surface area contributed by atoms with Crippen molar-refractivity contribution in [3.63, 3.8) is 0 Å². The molecule has 102 valence electrons. The third-order valence-corrected chi connectivity index (χ3v) is 3.45. The highest BCUT2D eigenvalue weighted by atomic mass is 32.2. The van der Waals surface area contributed by atoms with Gasteiger partial charge in [-0.15, -0.1) is 0 Å². The Hall–Kier alpha value is -0.860. The van der Waals surface area contributed by atoms with Gasteiger partial charge in [-0.25, -0.2) is 0 Å². The first-order valence-corrected chi connectivity index (χ1v) is 7.16. The van der Waals surface area contributed by atoms with E-state index in [1.807, 2.05) is 6.92 Å². The fourth-order valence-corrected chi connectivity index (χ4v) is 2.18. The maximum absolute atomic E-state index is 11.4. The molecule has 0 saturated heterocycles. The van der Waals surface area contributed by atoms with E-state index >= 15 is 0 Å². The molecule has 1 aromatic heterocycles. The lowest BCUT2D eigenvalue weighted by molar-refractivity contribution is 0.130. The molecule has 0 atom stereocenters. The van der Waals surface area contributed by atoms with Crippen LogP contribution in [-0.4, -0.2) is 53.4 Å². The second-order valence-corrected chi connectivity index (χ2v) is 5.14. The van der Waals surface area contributed by atoms with Gasteiger partial charge >= 0.3 is 0 Å². The van der Waals surface area contributed by atoms with E-state index in [4.69, 9.17) is 9.47 Å². The monoisotopic (exact) mass is 291 g/mol. The molecule has 0 spiro atoms. The van der Waals surface area contributed by atoms with Crippen LogP contribution < -0.4 is 4.74 Å². The number of carbonyl (C=O) groups is 1. The summed E-state index contributed by atoms with van der Waals surface area (Å²) in [7, 11) is 3.37. The van der Waals surface area contributed by atoms with Gasteiger partial charge in [0.2, 0.25) is 5.16 Å². The number of ether oxygens (including phenoxy) is 2. The molecule has 1 aromatic rings. The number of carbonyl (C=O) groups excluding carboxylic acids is 1. The molecule has 0 fully saturated rings. The molecule has 1 amide bonds. The highest BCUT2D eigenvalue weighted by Crippen LogP contribution is 2.23. The summed E-state index contributed by atoms with van der Waals surface area (Å²) >= 11 is 2.14. The number of hydrogen-bond acceptors (Lipinski definition) is 7. The van der Waals surface area contributed by atoms with Gasteiger partial charge in [0, 0.05) is 57.0 Å². The van der Waals surface area contributed by atoms with Gasteiger partial charge in [-0.3, -0.25) is 4.79 Å². The van der Waals surface area contributed by atoms with Gasteiger partial charge in [-0.05, 0) is 6.92 Å². The van der Waals surface area contributed by atoms with Crippen LogP contribution in [0.1, 0.15) is 13.3 Å². The smallest absolute Gasteiger partial charge is 0.293 e. The summed E-state index contributed by atoms with van der Waals surface area (Å²) in [6.07, 6.45) is 0.812. The molecular formula is C10H17N3O3S2. The normalized spacial score (nSPS) is 10.4. The molecule has 0 aliphatic carbocycles. The number of hydrogen-bond donors (Lipinski definition) is 0. The van der Waals surface area contributed by atoms with E-state index < -0.39 is 0 Å². The first-order chi connectivity index (χ1) is 8.63. The van der Waals surface area contributed by atoms with Crippen LogP contribution in [0.3, 0.4) is 0 Å². The Bertz CT molecular complexity index is 371. The van der Waals surface area contributed by atoms with Crippen molar-refractivity contribution >= 4 is 28.5 Å². The lowest BCUT2D eigenvalue weighted by atomic mass is 10.5. The minimum absolute atomic E-state index is 0.101. The van der Waals surface area contributed by atoms with E-state index in [1.54, 1.807) is 14.1 Å². The molecule has 0 aromatic carbocycles. The lowest BCUT2D eigenvalue weighted by Gasteiger charge is -2.06. The SMILES string of the molecule is CCOCCCOc1nc(SC(=O)N(C)C)ns1. The zero-order valence-electron chi connectivity index (χ0n) is 10.7. The molecule has 1 heterocycles. The number of amides is 1. The van der Waals surface area contributed by atoms with Gasteiger partial charge in [-0.1, -0.05) is 0 Å². The number of rotatable bonds is 7. The average Bonchev–Trinajstić information content (AvgIpc) is 2.76. The van der Waals surface area contributed by atoms with Crippen LogP contribution in [0.5, 0.6) is 5.19 Å². The predicted molar refractivity (Wildman–Crippen MR) is 71.5 cm³/mol. The fraction of sp³-hybridized carbons (Fsp3) is 0.700. The van der Waals surface area contributed by atoms with Gasteiger partial charge < -0.3 is 14.4 Å². The van der Waals surface area contributed by atoms with E-state index in [9.17, 15) is 4.79 Å². The molecule has 8 heteroatoms.